The first-order valence-electron chi connectivity index (χ1n) is 6.92. The standard InChI is InChI=1S/C15H20N2O3/c16-12(9-8-11-5-2-1-3-6-11)14(18)17-10-4-7-13(17)15(19)20/h1-3,5-6,12-13H,4,7-10,16H2,(H,19,20). The van der Waals surface area contributed by atoms with Crippen molar-refractivity contribution >= 4 is 11.9 Å². The van der Waals surface area contributed by atoms with Gasteiger partial charge >= 0.3 is 5.97 Å². The van der Waals surface area contributed by atoms with Crippen molar-refractivity contribution in [3.05, 3.63) is 35.9 Å². The molecule has 1 aromatic rings. The van der Waals surface area contributed by atoms with Crippen LogP contribution >= 0.6 is 0 Å². The number of carbonyl (C=O) groups is 2. The van der Waals surface area contributed by atoms with Gasteiger partial charge in [0.25, 0.3) is 0 Å². The van der Waals surface area contributed by atoms with Crippen LogP contribution in [0.3, 0.4) is 0 Å². The summed E-state index contributed by atoms with van der Waals surface area (Å²) in [5, 5.41) is 9.09. The van der Waals surface area contributed by atoms with Crippen molar-refractivity contribution in [2.45, 2.75) is 37.8 Å². The number of hydrogen-bond donors (Lipinski definition) is 2. The number of carboxylic acids is 1. The lowest BCUT2D eigenvalue weighted by Crippen LogP contribution is -2.48. The third kappa shape index (κ3) is 3.36. The predicted octanol–water partition coefficient (Wildman–Crippen LogP) is 1.02. The lowest BCUT2D eigenvalue weighted by Gasteiger charge is -2.24. The molecule has 1 aromatic carbocycles. The molecule has 0 aliphatic carbocycles. The molecule has 108 valence electrons. The first-order valence-corrected chi connectivity index (χ1v) is 6.92. The molecule has 0 bridgehead atoms. The molecule has 0 saturated carbocycles. The van der Waals surface area contributed by atoms with E-state index >= 15 is 0 Å². The van der Waals surface area contributed by atoms with Crippen LogP contribution < -0.4 is 5.73 Å². The number of hydrogen-bond acceptors (Lipinski definition) is 3. The van der Waals surface area contributed by atoms with E-state index in [-0.39, 0.29) is 5.91 Å². The third-order valence-electron chi connectivity index (χ3n) is 3.72. The lowest BCUT2D eigenvalue weighted by molar-refractivity contribution is -0.148. The first kappa shape index (κ1) is 14.5. The summed E-state index contributed by atoms with van der Waals surface area (Å²) < 4.78 is 0. The number of rotatable bonds is 5. The van der Waals surface area contributed by atoms with Crippen LogP contribution in [0.25, 0.3) is 0 Å². The monoisotopic (exact) mass is 276 g/mol. The normalized spacial score (nSPS) is 19.9. The number of amides is 1. The fraction of sp³-hybridized carbons (Fsp3) is 0.467. The minimum absolute atomic E-state index is 0.245. The number of aliphatic carboxylic acids is 1. The van der Waals surface area contributed by atoms with Gasteiger partial charge in [-0.15, -0.1) is 0 Å². The Bertz CT molecular complexity index is 475. The molecule has 2 atom stereocenters. The average molecular weight is 276 g/mol. The summed E-state index contributed by atoms with van der Waals surface area (Å²) in [5.74, 6) is -1.18. The number of aryl methyl sites for hydroxylation is 1. The van der Waals surface area contributed by atoms with Gasteiger partial charge in [0.2, 0.25) is 5.91 Å². The molecule has 1 amide bonds. The van der Waals surface area contributed by atoms with Gasteiger partial charge in [-0.1, -0.05) is 30.3 Å². The highest BCUT2D eigenvalue weighted by Crippen LogP contribution is 2.19. The highest BCUT2D eigenvalue weighted by atomic mass is 16.4. The summed E-state index contributed by atoms with van der Waals surface area (Å²) in [6.45, 7) is 0.495. The highest BCUT2D eigenvalue weighted by Gasteiger charge is 2.35. The SMILES string of the molecule is NC(CCc1ccccc1)C(=O)N1CCCC1C(=O)O. The molecule has 2 rings (SSSR count). The Kier molecular flexibility index (Phi) is 4.74. The molecule has 0 radical (unpaired) electrons. The maximum absolute atomic E-state index is 12.2. The smallest absolute Gasteiger partial charge is 0.326 e. The second kappa shape index (κ2) is 6.52. The molecule has 1 fully saturated rings. The van der Waals surface area contributed by atoms with Crippen LogP contribution in [0.5, 0.6) is 0 Å². The zero-order chi connectivity index (χ0) is 14.5. The number of benzene rings is 1. The number of nitrogens with two attached hydrogens (primary N) is 1. The molecule has 5 nitrogen and oxygen atoms in total. The molecule has 1 aliphatic heterocycles. The van der Waals surface area contributed by atoms with E-state index in [4.69, 9.17) is 10.8 Å². The van der Waals surface area contributed by atoms with Gasteiger partial charge in [0.1, 0.15) is 6.04 Å². The topological polar surface area (TPSA) is 83.6 Å². The molecule has 1 aliphatic rings. The highest BCUT2D eigenvalue weighted by molar-refractivity contribution is 5.87. The maximum Gasteiger partial charge on any atom is 0.326 e. The van der Waals surface area contributed by atoms with Gasteiger partial charge in [-0.2, -0.15) is 0 Å². The van der Waals surface area contributed by atoms with Gasteiger partial charge in [-0.05, 0) is 31.2 Å². The molecule has 1 saturated heterocycles. The Labute approximate surface area is 118 Å². The Morgan fingerprint density at radius 2 is 2.05 bits per heavy atom. The van der Waals surface area contributed by atoms with Crippen LogP contribution in [0.4, 0.5) is 0 Å². The van der Waals surface area contributed by atoms with Crippen molar-refractivity contribution in [3.8, 4) is 0 Å². The zero-order valence-corrected chi connectivity index (χ0v) is 11.4. The zero-order valence-electron chi connectivity index (χ0n) is 11.4. The first-order chi connectivity index (χ1) is 9.59. The predicted molar refractivity (Wildman–Crippen MR) is 75.1 cm³/mol. The average Bonchev–Trinajstić information content (AvgIpc) is 2.94. The lowest BCUT2D eigenvalue weighted by atomic mass is 10.0. The van der Waals surface area contributed by atoms with Crippen LogP contribution in [0.15, 0.2) is 30.3 Å². The fourth-order valence-electron chi connectivity index (χ4n) is 2.59. The molecule has 20 heavy (non-hydrogen) atoms. The van der Waals surface area contributed by atoms with Gasteiger partial charge in [-0.25, -0.2) is 4.79 Å². The minimum atomic E-state index is -0.939. The second-order valence-electron chi connectivity index (χ2n) is 5.16. The number of carbonyl (C=O) groups excluding carboxylic acids is 1. The molecule has 0 spiro atoms. The fourth-order valence-corrected chi connectivity index (χ4v) is 2.59. The number of nitrogens with zero attached hydrogens (tertiary/aromatic N) is 1. The van der Waals surface area contributed by atoms with E-state index in [9.17, 15) is 9.59 Å². The van der Waals surface area contributed by atoms with E-state index in [2.05, 4.69) is 0 Å². The van der Waals surface area contributed by atoms with Crippen LogP contribution in [0, 0.1) is 0 Å². The van der Waals surface area contributed by atoms with Crippen molar-refractivity contribution in [1.29, 1.82) is 0 Å². The van der Waals surface area contributed by atoms with Crippen LogP contribution in [0.2, 0.25) is 0 Å². The van der Waals surface area contributed by atoms with Crippen LogP contribution in [-0.2, 0) is 16.0 Å². The van der Waals surface area contributed by atoms with E-state index in [1.165, 1.54) is 4.90 Å². The molecule has 3 N–H and O–H groups in total. The molecular weight excluding hydrogens is 256 g/mol. The second-order valence-corrected chi connectivity index (χ2v) is 5.16. The van der Waals surface area contributed by atoms with E-state index < -0.39 is 18.1 Å². The summed E-state index contributed by atoms with van der Waals surface area (Å²) in [6.07, 6.45) is 2.51. The van der Waals surface area contributed by atoms with E-state index in [1.54, 1.807) is 0 Å². The quantitative estimate of drug-likeness (QED) is 0.841. The summed E-state index contributed by atoms with van der Waals surface area (Å²) in [7, 11) is 0. The maximum atomic E-state index is 12.2. The van der Waals surface area contributed by atoms with E-state index in [0.29, 0.717) is 19.4 Å². The number of carboxylic acid groups (broad SMARTS) is 1. The van der Waals surface area contributed by atoms with Crippen molar-refractivity contribution in [3.63, 3.8) is 0 Å². The van der Waals surface area contributed by atoms with Crippen molar-refractivity contribution in [2.24, 2.45) is 5.73 Å². The largest absolute Gasteiger partial charge is 0.480 e. The van der Waals surface area contributed by atoms with Crippen molar-refractivity contribution in [2.75, 3.05) is 6.54 Å². The van der Waals surface area contributed by atoms with Crippen molar-refractivity contribution in [1.82, 2.24) is 4.90 Å². The minimum Gasteiger partial charge on any atom is -0.480 e. The van der Waals surface area contributed by atoms with Gasteiger partial charge < -0.3 is 15.7 Å². The van der Waals surface area contributed by atoms with Crippen LogP contribution in [0.1, 0.15) is 24.8 Å². The molecule has 1 heterocycles. The van der Waals surface area contributed by atoms with Crippen LogP contribution in [-0.4, -0.2) is 40.5 Å². The van der Waals surface area contributed by atoms with Gasteiger partial charge in [0.15, 0.2) is 0 Å². The summed E-state index contributed by atoms with van der Waals surface area (Å²) in [5.41, 5.74) is 7.05. The number of likely N-dealkylation sites (tertiary alicyclic amines) is 1. The summed E-state index contributed by atoms with van der Waals surface area (Å²) >= 11 is 0. The Morgan fingerprint density at radius 3 is 2.70 bits per heavy atom. The van der Waals surface area contributed by atoms with E-state index in [1.807, 2.05) is 30.3 Å². The summed E-state index contributed by atoms with van der Waals surface area (Å²) in [6, 6.07) is 8.49. The van der Waals surface area contributed by atoms with E-state index in [0.717, 1.165) is 18.4 Å². The van der Waals surface area contributed by atoms with Crippen molar-refractivity contribution < 1.29 is 14.7 Å². The Hall–Kier alpha value is -1.88. The summed E-state index contributed by atoms with van der Waals surface area (Å²) in [4.78, 5) is 24.7. The molecular formula is C15H20N2O3. The van der Waals surface area contributed by atoms with Gasteiger partial charge in [0, 0.05) is 6.54 Å². The third-order valence-corrected chi connectivity index (χ3v) is 3.72. The Balaban J connectivity index is 1.90. The molecule has 0 aromatic heterocycles. The Morgan fingerprint density at radius 1 is 1.35 bits per heavy atom. The van der Waals surface area contributed by atoms with Gasteiger partial charge in [-0.3, -0.25) is 4.79 Å². The van der Waals surface area contributed by atoms with Gasteiger partial charge in [0.05, 0.1) is 6.04 Å². The molecule has 2 unspecified atom stereocenters. The molecule has 5 heteroatoms.